The Morgan fingerprint density at radius 1 is 1.00 bits per heavy atom. The molecule has 3 rings (SSSR count). The van der Waals surface area contributed by atoms with Crippen molar-refractivity contribution in [1.82, 2.24) is 0 Å². The topological polar surface area (TPSA) is 52.6 Å². The molecule has 0 aromatic carbocycles. The van der Waals surface area contributed by atoms with E-state index in [9.17, 15) is 9.59 Å². The van der Waals surface area contributed by atoms with Crippen molar-refractivity contribution < 1.29 is 19.1 Å². The quantitative estimate of drug-likeness (QED) is 0.328. The van der Waals surface area contributed by atoms with Crippen LogP contribution in [0.1, 0.15) is 120 Å². The summed E-state index contributed by atoms with van der Waals surface area (Å²) >= 11 is 0. The van der Waals surface area contributed by atoms with Gasteiger partial charge in [-0.3, -0.25) is 9.59 Å². The highest BCUT2D eigenvalue weighted by molar-refractivity contribution is 5.87. The van der Waals surface area contributed by atoms with Crippen LogP contribution in [0.2, 0.25) is 0 Å². The minimum atomic E-state index is -0.459. The number of carbonyl (C=O) groups excluding carboxylic acids is 2. The number of esters is 1. The molecule has 0 spiro atoms. The Morgan fingerprint density at radius 2 is 1.69 bits per heavy atom. The van der Waals surface area contributed by atoms with Crippen LogP contribution in [0.4, 0.5) is 0 Å². The fourth-order valence-electron chi connectivity index (χ4n) is 8.48. The zero-order chi connectivity index (χ0) is 26.2. The SMILES string of the molecule is COC(=O)C1C2CCC(C(C)CCCC(C)C)[C@@]2(C)CCC1[C@@]1(C)CCC(OC(C)(C)C)CC1=O. The third kappa shape index (κ3) is 5.99. The lowest BCUT2D eigenvalue weighted by Gasteiger charge is -2.54. The number of Topliss-reactive ketones (excluding diaryl/α,β-unsaturated/α-hetero) is 1. The second kappa shape index (κ2) is 10.8. The molecule has 0 amide bonds. The lowest BCUT2D eigenvalue weighted by atomic mass is 9.50. The number of hydrogen-bond acceptors (Lipinski definition) is 4. The van der Waals surface area contributed by atoms with Gasteiger partial charge in [0.15, 0.2) is 0 Å². The van der Waals surface area contributed by atoms with E-state index in [0.29, 0.717) is 24.2 Å². The predicted octanol–water partition coefficient (Wildman–Crippen LogP) is 7.62. The van der Waals surface area contributed by atoms with Crippen LogP contribution < -0.4 is 0 Å². The van der Waals surface area contributed by atoms with Gasteiger partial charge in [-0.2, -0.15) is 0 Å². The van der Waals surface area contributed by atoms with Crippen LogP contribution in [0.15, 0.2) is 0 Å². The minimum absolute atomic E-state index is 0.0106. The molecule has 3 saturated carbocycles. The van der Waals surface area contributed by atoms with E-state index in [1.54, 1.807) is 0 Å². The molecule has 35 heavy (non-hydrogen) atoms. The maximum absolute atomic E-state index is 13.7. The standard InChI is InChI=1S/C31H54O4/c1-20(2)11-10-12-21(3)23-13-14-24-27(28(33)34-9)25(16-18-30(23,24)7)31(8)17-15-22(19-26(31)32)35-29(4,5)6/h20-25,27H,10-19H2,1-9H3/t21?,22?,23?,24?,25?,27?,30-,31-/m1/s1. The molecule has 0 aromatic rings. The van der Waals surface area contributed by atoms with E-state index >= 15 is 0 Å². The van der Waals surface area contributed by atoms with Crippen molar-refractivity contribution in [2.75, 3.05) is 7.11 Å². The van der Waals surface area contributed by atoms with Gasteiger partial charge in [-0.1, -0.05) is 53.9 Å². The van der Waals surface area contributed by atoms with Crippen molar-refractivity contribution in [1.29, 1.82) is 0 Å². The van der Waals surface area contributed by atoms with E-state index in [-0.39, 0.29) is 40.7 Å². The van der Waals surface area contributed by atoms with Gasteiger partial charge in [-0.15, -0.1) is 0 Å². The molecule has 3 aliphatic rings. The van der Waals surface area contributed by atoms with Gasteiger partial charge >= 0.3 is 5.97 Å². The van der Waals surface area contributed by atoms with Crippen molar-refractivity contribution >= 4 is 11.8 Å². The third-order valence-electron chi connectivity index (χ3n) is 10.3. The van der Waals surface area contributed by atoms with Crippen molar-refractivity contribution in [3.8, 4) is 0 Å². The average Bonchev–Trinajstić information content (AvgIpc) is 3.11. The molecular weight excluding hydrogens is 436 g/mol. The average molecular weight is 491 g/mol. The Morgan fingerprint density at radius 3 is 2.26 bits per heavy atom. The highest BCUT2D eigenvalue weighted by atomic mass is 16.5. The van der Waals surface area contributed by atoms with Crippen molar-refractivity contribution in [2.24, 2.45) is 46.3 Å². The van der Waals surface area contributed by atoms with Crippen molar-refractivity contribution in [2.45, 2.75) is 131 Å². The van der Waals surface area contributed by atoms with Crippen LogP contribution in [0.25, 0.3) is 0 Å². The zero-order valence-corrected chi connectivity index (χ0v) is 24.2. The Balaban J connectivity index is 1.79. The molecule has 0 aliphatic heterocycles. The molecule has 6 unspecified atom stereocenters. The molecule has 0 bridgehead atoms. The van der Waals surface area contributed by atoms with E-state index in [4.69, 9.17) is 9.47 Å². The first-order chi connectivity index (χ1) is 16.2. The van der Waals surface area contributed by atoms with Gasteiger partial charge in [0.05, 0.1) is 24.7 Å². The summed E-state index contributed by atoms with van der Waals surface area (Å²) in [5, 5.41) is 0. The summed E-state index contributed by atoms with van der Waals surface area (Å²) in [6.45, 7) is 17.8. The van der Waals surface area contributed by atoms with Gasteiger partial charge in [0.1, 0.15) is 5.78 Å². The van der Waals surface area contributed by atoms with E-state index < -0.39 is 5.41 Å². The molecule has 4 heteroatoms. The van der Waals surface area contributed by atoms with Gasteiger partial charge in [-0.25, -0.2) is 0 Å². The van der Waals surface area contributed by atoms with Crippen LogP contribution in [0.5, 0.6) is 0 Å². The summed E-state index contributed by atoms with van der Waals surface area (Å²) in [7, 11) is 1.53. The molecule has 0 heterocycles. The number of ether oxygens (including phenoxy) is 2. The highest BCUT2D eigenvalue weighted by Crippen LogP contribution is 2.64. The van der Waals surface area contributed by atoms with Gasteiger partial charge in [-0.05, 0) is 94.3 Å². The Bertz CT molecular complexity index is 752. The van der Waals surface area contributed by atoms with Gasteiger partial charge < -0.3 is 9.47 Å². The molecule has 3 fully saturated rings. The van der Waals surface area contributed by atoms with Gasteiger partial charge in [0, 0.05) is 11.8 Å². The molecule has 3 aliphatic carbocycles. The van der Waals surface area contributed by atoms with E-state index in [1.807, 2.05) is 0 Å². The molecule has 0 aromatic heterocycles. The van der Waals surface area contributed by atoms with Crippen LogP contribution in [0, 0.1) is 46.3 Å². The number of ketones is 1. The van der Waals surface area contributed by atoms with E-state index in [0.717, 1.165) is 38.0 Å². The first-order valence-electron chi connectivity index (χ1n) is 14.5. The third-order valence-corrected chi connectivity index (χ3v) is 10.3. The maximum atomic E-state index is 13.7. The normalized spacial score (nSPS) is 38.9. The van der Waals surface area contributed by atoms with Crippen LogP contribution in [-0.4, -0.2) is 30.6 Å². The maximum Gasteiger partial charge on any atom is 0.309 e. The summed E-state index contributed by atoms with van der Waals surface area (Å²) in [6.07, 6.45) is 10.4. The number of fused-ring (bicyclic) bond motifs is 1. The van der Waals surface area contributed by atoms with Crippen LogP contribution in [-0.2, 0) is 19.1 Å². The number of hydrogen-bond donors (Lipinski definition) is 0. The number of carbonyl (C=O) groups is 2. The van der Waals surface area contributed by atoms with E-state index in [2.05, 4.69) is 55.4 Å². The lowest BCUT2D eigenvalue weighted by Crippen LogP contribution is -2.54. The molecule has 8 atom stereocenters. The monoisotopic (exact) mass is 490 g/mol. The summed E-state index contributed by atoms with van der Waals surface area (Å²) in [4.78, 5) is 27.0. The molecule has 0 radical (unpaired) electrons. The Hall–Kier alpha value is -0.900. The van der Waals surface area contributed by atoms with Crippen molar-refractivity contribution in [3.05, 3.63) is 0 Å². The van der Waals surface area contributed by atoms with E-state index in [1.165, 1.54) is 32.8 Å². The van der Waals surface area contributed by atoms with Crippen LogP contribution in [0.3, 0.4) is 0 Å². The van der Waals surface area contributed by atoms with Gasteiger partial charge in [0.2, 0.25) is 0 Å². The summed E-state index contributed by atoms with van der Waals surface area (Å²) in [5.74, 6) is 2.54. The summed E-state index contributed by atoms with van der Waals surface area (Å²) < 4.78 is 11.6. The first-order valence-corrected chi connectivity index (χ1v) is 14.5. The zero-order valence-electron chi connectivity index (χ0n) is 24.2. The molecule has 4 nitrogen and oxygen atoms in total. The predicted molar refractivity (Wildman–Crippen MR) is 142 cm³/mol. The molecular formula is C31H54O4. The Labute approximate surface area is 215 Å². The fraction of sp³-hybridized carbons (Fsp3) is 0.935. The highest BCUT2D eigenvalue weighted by Gasteiger charge is 2.61. The minimum Gasteiger partial charge on any atom is -0.469 e. The fourth-order valence-corrected chi connectivity index (χ4v) is 8.48. The second-order valence-electron chi connectivity index (χ2n) is 14.2. The molecule has 0 saturated heterocycles. The molecule has 202 valence electrons. The Kier molecular flexibility index (Phi) is 8.88. The number of methoxy groups -OCH3 is 1. The van der Waals surface area contributed by atoms with Crippen LogP contribution >= 0.6 is 0 Å². The molecule has 0 N–H and O–H groups in total. The second-order valence-corrected chi connectivity index (χ2v) is 14.2. The van der Waals surface area contributed by atoms with Gasteiger partial charge in [0.25, 0.3) is 0 Å². The summed E-state index contributed by atoms with van der Waals surface area (Å²) in [6, 6.07) is 0. The lowest BCUT2D eigenvalue weighted by molar-refractivity contribution is -0.168. The summed E-state index contributed by atoms with van der Waals surface area (Å²) in [5.41, 5.74) is -0.540. The number of rotatable bonds is 8. The smallest absolute Gasteiger partial charge is 0.309 e. The largest absolute Gasteiger partial charge is 0.469 e. The first kappa shape index (κ1) is 28.7. The van der Waals surface area contributed by atoms with Crippen molar-refractivity contribution in [3.63, 3.8) is 0 Å².